The van der Waals surface area contributed by atoms with Gasteiger partial charge in [-0.15, -0.1) is 0 Å². The fourth-order valence-electron chi connectivity index (χ4n) is 2.09. The van der Waals surface area contributed by atoms with Crippen LogP contribution in [0, 0.1) is 0 Å². The minimum Gasteiger partial charge on any atom is -0.492 e. The molecule has 0 aliphatic carbocycles. The van der Waals surface area contributed by atoms with Crippen LogP contribution in [0.3, 0.4) is 0 Å². The maximum atomic E-state index is 9.86. The molecule has 2 aromatic rings. The number of aromatic nitrogens is 4. The maximum Gasteiger partial charge on any atom is 0.240 e. The Labute approximate surface area is 106 Å². The van der Waals surface area contributed by atoms with Gasteiger partial charge < -0.3 is 30.1 Å². The highest BCUT2D eigenvalue weighted by molar-refractivity contribution is 5.75. The Kier molecular flexibility index (Phi) is 2.82. The van der Waals surface area contributed by atoms with Crippen molar-refractivity contribution in [1.29, 1.82) is 0 Å². The molecule has 0 saturated carbocycles. The van der Waals surface area contributed by atoms with Crippen molar-refractivity contribution in [1.82, 2.24) is 19.9 Å². The van der Waals surface area contributed by atoms with Gasteiger partial charge in [-0.2, -0.15) is 4.98 Å². The predicted molar refractivity (Wildman–Crippen MR) is 60.1 cm³/mol. The van der Waals surface area contributed by atoms with E-state index < -0.39 is 31.0 Å². The average molecular weight is 268 g/mol. The second-order valence-corrected chi connectivity index (χ2v) is 4.28. The van der Waals surface area contributed by atoms with E-state index >= 15 is 0 Å². The number of hydrogen-bond acceptors (Lipinski definition) is 8. The fourth-order valence-corrected chi connectivity index (χ4v) is 2.09. The van der Waals surface area contributed by atoms with Gasteiger partial charge in [0.25, 0.3) is 0 Å². The average Bonchev–Trinajstić information content (AvgIpc) is 2.94. The molecule has 1 saturated heterocycles. The summed E-state index contributed by atoms with van der Waals surface area (Å²) in [4.78, 5) is 14.2. The van der Waals surface area contributed by atoms with Crippen molar-refractivity contribution in [2.75, 3.05) is 6.61 Å². The molecule has 5 N–H and O–H groups in total. The number of aromatic hydroxyl groups is 1. The van der Waals surface area contributed by atoms with E-state index in [-0.39, 0.29) is 22.9 Å². The molecule has 1 aliphatic rings. The van der Waals surface area contributed by atoms with Gasteiger partial charge in [-0.1, -0.05) is 0 Å². The SMILES string of the molecule is OC[C@H]1OC(c2nc3ncnc(O)c3[nH]2)[C@H](O)[C@@H]1O. The van der Waals surface area contributed by atoms with Crippen molar-refractivity contribution in [2.24, 2.45) is 0 Å². The normalized spacial score (nSPS) is 31.1. The molecule has 9 nitrogen and oxygen atoms in total. The predicted octanol–water partition coefficient (Wildman–Crippen LogP) is -1.79. The summed E-state index contributed by atoms with van der Waals surface area (Å²) in [7, 11) is 0. The standard InChI is InChI=1S/C10H12N4O5/c15-1-3-5(16)6(17)7(19-3)9-13-4-8(14-9)11-2-12-10(4)18/h2-3,5-7,15-17H,1H2,(H2,11,12,13,14,18)/t3-,5-,6-,7?/m1/s1. The number of aliphatic hydroxyl groups excluding tert-OH is 3. The molecular weight excluding hydrogens is 256 g/mol. The Balaban J connectivity index is 1.99. The Morgan fingerprint density at radius 3 is 2.68 bits per heavy atom. The third-order valence-corrected chi connectivity index (χ3v) is 3.10. The van der Waals surface area contributed by atoms with E-state index in [0.717, 1.165) is 6.33 Å². The molecule has 1 fully saturated rings. The van der Waals surface area contributed by atoms with E-state index in [2.05, 4.69) is 19.9 Å². The highest BCUT2D eigenvalue weighted by Crippen LogP contribution is 2.33. The molecule has 0 amide bonds. The third kappa shape index (κ3) is 1.83. The Bertz CT molecular complexity index is 603. The van der Waals surface area contributed by atoms with E-state index in [4.69, 9.17) is 9.84 Å². The minimum atomic E-state index is -1.23. The number of nitrogens with zero attached hydrogens (tertiary/aromatic N) is 3. The highest BCUT2D eigenvalue weighted by atomic mass is 16.6. The van der Waals surface area contributed by atoms with Crippen molar-refractivity contribution in [3.8, 4) is 5.88 Å². The lowest BCUT2D eigenvalue weighted by atomic mass is 10.1. The molecule has 1 aliphatic heterocycles. The van der Waals surface area contributed by atoms with Crippen LogP contribution in [-0.2, 0) is 4.74 Å². The van der Waals surface area contributed by atoms with Crippen LogP contribution in [0.2, 0.25) is 0 Å². The lowest BCUT2D eigenvalue weighted by Gasteiger charge is -2.11. The van der Waals surface area contributed by atoms with E-state index in [1.807, 2.05) is 0 Å². The molecule has 0 radical (unpaired) electrons. The van der Waals surface area contributed by atoms with Gasteiger partial charge in [-0.25, -0.2) is 9.97 Å². The largest absolute Gasteiger partial charge is 0.492 e. The van der Waals surface area contributed by atoms with Gasteiger partial charge >= 0.3 is 0 Å². The Morgan fingerprint density at radius 1 is 1.26 bits per heavy atom. The summed E-state index contributed by atoms with van der Waals surface area (Å²) in [5.74, 6) is -0.0659. The molecule has 9 heteroatoms. The van der Waals surface area contributed by atoms with Gasteiger partial charge in [0.2, 0.25) is 5.88 Å². The molecule has 0 spiro atoms. The smallest absolute Gasteiger partial charge is 0.240 e. The lowest BCUT2D eigenvalue weighted by Crippen LogP contribution is -2.32. The van der Waals surface area contributed by atoms with Gasteiger partial charge in [-0.3, -0.25) is 0 Å². The van der Waals surface area contributed by atoms with Crippen molar-refractivity contribution in [3.05, 3.63) is 12.2 Å². The maximum absolute atomic E-state index is 9.86. The van der Waals surface area contributed by atoms with Crippen LogP contribution in [0.4, 0.5) is 0 Å². The molecule has 0 aromatic carbocycles. The summed E-state index contributed by atoms with van der Waals surface area (Å²) in [6.07, 6.45) is -3.09. The van der Waals surface area contributed by atoms with Crippen LogP contribution in [0.1, 0.15) is 11.9 Å². The summed E-state index contributed by atoms with van der Waals surface area (Å²) in [6, 6.07) is 0. The van der Waals surface area contributed by atoms with Gasteiger partial charge in [0.05, 0.1) is 6.61 Å². The molecule has 4 atom stereocenters. The first-order chi connectivity index (χ1) is 9.11. The number of ether oxygens (including phenoxy) is 1. The van der Waals surface area contributed by atoms with Crippen molar-refractivity contribution < 1.29 is 25.2 Å². The first-order valence-corrected chi connectivity index (χ1v) is 5.64. The third-order valence-electron chi connectivity index (χ3n) is 3.10. The van der Waals surface area contributed by atoms with Crippen LogP contribution in [-0.4, -0.2) is 65.3 Å². The first kappa shape index (κ1) is 12.2. The number of aliphatic hydroxyl groups is 3. The van der Waals surface area contributed by atoms with Gasteiger partial charge in [0.15, 0.2) is 5.65 Å². The molecule has 2 aromatic heterocycles. The molecule has 19 heavy (non-hydrogen) atoms. The van der Waals surface area contributed by atoms with Crippen molar-refractivity contribution in [3.63, 3.8) is 0 Å². The molecular formula is C10H12N4O5. The zero-order chi connectivity index (χ0) is 13.6. The summed E-state index contributed by atoms with van der Waals surface area (Å²) in [5, 5.41) is 38.1. The number of rotatable bonds is 2. The van der Waals surface area contributed by atoms with E-state index in [9.17, 15) is 15.3 Å². The minimum absolute atomic E-state index is 0.202. The number of nitrogens with one attached hydrogen (secondary N) is 1. The molecule has 1 unspecified atom stereocenters. The second-order valence-electron chi connectivity index (χ2n) is 4.28. The molecule has 3 heterocycles. The van der Waals surface area contributed by atoms with Crippen LogP contribution >= 0.6 is 0 Å². The van der Waals surface area contributed by atoms with E-state index in [1.165, 1.54) is 0 Å². The summed E-state index contributed by atoms with van der Waals surface area (Å²) < 4.78 is 5.32. The van der Waals surface area contributed by atoms with Crippen molar-refractivity contribution in [2.45, 2.75) is 24.4 Å². The number of hydrogen-bond donors (Lipinski definition) is 5. The van der Waals surface area contributed by atoms with Crippen LogP contribution in [0.25, 0.3) is 11.2 Å². The first-order valence-electron chi connectivity index (χ1n) is 5.64. The van der Waals surface area contributed by atoms with Gasteiger partial charge in [0.1, 0.15) is 42.1 Å². The second kappa shape index (κ2) is 4.38. The van der Waals surface area contributed by atoms with Crippen molar-refractivity contribution >= 4 is 11.2 Å². The lowest BCUT2D eigenvalue weighted by molar-refractivity contribution is -0.0249. The van der Waals surface area contributed by atoms with Gasteiger partial charge in [0, 0.05) is 0 Å². The summed E-state index contributed by atoms with van der Waals surface area (Å²) >= 11 is 0. The molecule has 3 rings (SSSR count). The topological polar surface area (TPSA) is 145 Å². The number of fused-ring (bicyclic) bond motifs is 1. The van der Waals surface area contributed by atoms with Gasteiger partial charge in [-0.05, 0) is 0 Å². The monoisotopic (exact) mass is 268 g/mol. The van der Waals surface area contributed by atoms with Crippen LogP contribution in [0.5, 0.6) is 5.88 Å². The van der Waals surface area contributed by atoms with E-state index in [0.29, 0.717) is 0 Å². The van der Waals surface area contributed by atoms with Crippen LogP contribution in [0.15, 0.2) is 6.33 Å². The van der Waals surface area contributed by atoms with E-state index in [1.54, 1.807) is 0 Å². The number of imidazole rings is 1. The van der Waals surface area contributed by atoms with Crippen LogP contribution < -0.4 is 0 Å². The summed E-state index contributed by atoms with van der Waals surface area (Å²) in [5.41, 5.74) is 0.440. The Morgan fingerprint density at radius 2 is 2.05 bits per heavy atom. The Hall–Kier alpha value is -1.81. The zero-order valence-electron chi connectivity index (χ0n) is 9.63. The zero-order valence-corrected chi connectivity index (χ0v) is 9.63. The highest BCUT2D eigenvalue weighted by Gasteiger charge is 2.44. The molecule has 0 bridgehead atoms. The number of H-pyrrole nitrogens is 1. The number of aromatic amines is 1. The fraction of sp³-hybridized carbons (Fsp3) is 0.500. The summed E-state index contributed by atoms with van der Waals surface area (Å²) in [6.45, 7) is -0.417. The quantitative estimate of drug-likeness (QED) is 0.429. The molecule has 102 valence electrons.